The minimum atomic E-state index is -1.55. The highest BCUT2D eigenvalue weighted by Crippen LogP contribution is 2.42. The summed E-state index contributed by atoms with van der Waals surface area (Å²) in [5.41, 5.74) is 0.958. The molecule has 0 aromatic heterocycles. The van der Waals surface area contributed by atoms with Crippen molar-refractivity contribution in [2.24, 2.45) is 5.92 Å². The summed E-state index contributed by atoms with van der Waals surface area (Å²) in [5.74, 6) is -2.31. The van der Waals surface area contributed by atoms with Crippen molar-refractivity contribution in [3.8, 4) is 0 Å². The summed E-state index contributed by atoms with van der Waals surface area (Å²) in [7, 11) is 0. The van der Waals surface area contributed by atoms with E-state index in [0.29, 0.717) is 12.0 Å². The van der Waals surface area contributed by atoms with Crippen LogP contribution >= 0.6 is 0 Å². The first-order valence-electron chi connectivity index (χ1n) is 9.66. The van der Waals surface area contributed by atoms with Gasteiger partial charge in [0.25, 0.3) is 0 Å². The van der Waals surface area contributed by atoms with Gasteiger partial charge in [0.2, 0.25) is 5.60 Å². The Morgan fingerprint density at radius 1 is 1.25 bits per heavy atom. The summed E-state index contributed by atoms with van der Waals surface area (Å²) >= 11 is 0. The van der Waals surface area contributed by atoms with E-state index in [1.165, 1.54) is 6.92 Å². The van der Waals surface area contributed by atoms with Gasteiger partial charge < -0.3 is 14.2 Å². The van der Waals surface area contributed by atoms with Gasteiger partial charge in [0.15, 0.2) is 0 Å². The number of allylic oxidation sites excluding steroid dienone is 3. The fourth-order valence-electron chi connectivity index (χ4n) is 3.73. The number of carbonyl (C=O) groups is 3. The number of hydrogen-bond acceptors (Lipinski definition) is 6. The Labute approximate surface area is 166 Å². The van der Waals surface area contributed by atoms with E-state index in [-0.39, 0.29) is 0 Å². The molecule has 154 valence electrons. The third-order valence-electron chi connectivity index (χ3n) is 5.42. The van der Waals surface area contributed by atoms with Gasteiger partial charge in [-0.15, -0.1) is 0 Å². The predicted molar refractivity (Wildman–Crippen MR) is 104 cm³/mol. The Balaban J connectivity index is 2.53. The molecule has 2 aliphatic rings. The van der Waals surface area contributed by atoms with Crippen LogP contribution in [0.25, 0.3) is 0 Å². The maximum Gasteiger partial charge on any atom is 0.351 e. The zero-order valence-electron chi connectivity index (χ0n) is 17.5. The van der Waals surface area contributed by atoms with Crippen molar-refractivity contribution in [3.63, 3.8) is 0 Å². The lowest BCUT2D eigenvalue weighted by Gasteiger charge is -2.34. The summed E-state index contributed by atoms with van der Waals surface area (Å²) < 4.78 is 16.9. The van der Waals surface area contributed by atoms with Gasteiger partial charge in [-0.25, -0.2) is 9.59 Å². The Hall–Kier alpha value is -2.37. The third-order valence-corrected chi connectivity index (χ3v) is 5.42. The van der Waals surface area contributed by atoms with Crippen LogP contribution < -0.4 is 0 Å². The molecule has 1 fully saturated rings. The lowest BCUT2D eigenvalue weighted by molar-refractivity contribution is -0.175. The number of hydrogen-bond donors (Lipinski definition) is 0. The number of ether oxygens (including phenoxy) is 3. The molecule has 0 radical (unpaired) electrons. The van der Waals surface area contributed by atoms with Crippen LogP contribution in [0.5, 0.6) is 0 Å². The molecule has 0 aromatic rings. The molecule has 0 spiro atoms. The molecule has 1 aliphatic heterocycles. The van der Waals surface area contributed by atoms with Gasteiger partial charge in [0.1, 0.15) is 12.2 Å². The zero-order valence-corrected chi connectivity index (χ0v) is 17.5. The van der Waals surface area contributed by atoms with E-state index in [1.807, 2.05) is 19.9 Å². The monoisotopic (exact) mass is 390 g/mol. The minimum Gasteiger partial charge on any atom is -0.462 e. The Morgan fingerprint density at radius 3 is 2.54 bits per heavy atom. The summed E-state index contributed by atoms with van der Waals surface area (Å²) in [6.45, 7) is 10.2. The van der Waals surface area contributed by atoms with Crippen molar-refractivity contribution < 1.29 is 28.6 Å². The molecule has 2 rings (SSSR count). The first kappa shape index (κ1) is 21.9. The van der Waals surface area contributed by atoms with Crippen molar-refractivity contribution in [1.82, 2.24) is 0 Å². The standard InChI is InChI=1S/C22H30O6/c1-7-15(4)20(24)28-22(6)19-17(26-16(5)23)11-13(2)9-8-10-14(3)12-18(19)27-21(22)25/h7,9,12,17-19H,8,10-11H2,1-6H3/b13-9-,14-12-,15-7-/t17?,18-,19+,22-/m0/s1. The molecule has 4 atom stereocenters. The van der Waals surface area contributed by atoms with Crippen LogP contribution in [0.1, 0.15) is 60.8 Å². The highest BCUT2D eigenvalue weighted by Gasteiger charge is 2.60. The second kappa shape index (κ2) is 8.76. The highest BCUT2D eigenvalue weighted by molar-refractivity contribution is 5.92. The number of fused-ring (bicyclic) bond motifs is 1. The largest absolute Gasteiger partial charge is 0.462 e. The lowest BCUT2D eigenvalue weighted by Crippen LogP contribution is -2.50. The maximum absolute atomic E-state index is 12.8. The Morgan fingerprint density at radius 2 is 1.93 bits per heavy atom. The zero-order chi connectivity index (χ0) is 21.1. The van der Waals surface area contributed by atoms with E-state index >= 15 is 0 Å². The van der Waals surface area contributed by atoms with Crippen LogP contribution in [0.2, 0.25) is 0 Å². The molecule has 1 heterocycles. The molecule has 0 bridgehead atoms. The average molecular weight is 390 g/mol. The topological polar surface area (TPSA) is 78.9 Å². The molecule has 1 unspecified atom stereocenters. The molecule has 0 amide bonds. The second-order valence-electron chi connectivity index (χ2n) is 7.82. The van der Waals surface area contributed by atoms with Crippen LogP contribution in [0.15, 0.2) is 34.9 Å². The number of esters is 3. The van der Waals surface area contributed by atoms with Crippen molar-refractivity contribution in [2.75, 3.05) is 0 Å². The molecular formula is C22H30O6. The van der Waals surface area contributed by atoms with Gasteiger partial charge in [-0.1, -0.05) is 23.3 Å². The van der Waals surface area contributed by atoms with Gasteiger partial charge in [0.05, 0.1) is 5.92 Å². The van der Waals surface area contributed by atoms with Gasteiger partial charge >= 0.3 is 17.9 Å². The number of carbonyl (C=O) groups excluding carboxylic acids is 3. The second-order valence-corrected chi connectivity index (χ2v) is 7.82. The lowest BCUT2D eigenvalue weighted by atomic mass is 9.79. The molecule has 1 aliphatic carbocycles. The molecule has 28 heavy (non-hydrogen) atoms. The minimum absolute atomic E-state index is 0.393. The quantitative estimate of drug-likeness (QED) is 0.316. The predicted octanol–water partition coefficient (Wildman–Crippen LogP) is 3.80. The maximum atomic E-state index is 12.8. The Bertz CT molecular complexity index is 744. The smallest absolute Gasteiger partial charge is 0.351 e. The molecule has 6 nitrogen and oxygen atoms in total. The van der Waals surface area contributed by atoms with Gasteiger partial charge in [-0.3, -0.25) is 4.79 Å². The third kappa shape index (κ3) is 4.72. The van der Waals surface area contributed by atoms with Crippen molar-refractivity contribution >= 4 is 17.9 Å². The van der Waals surface area contributed by atoms with E-state index < -0.39 is 41.6 Å². The van der Waals surface area contributed by atoms with Crippen LogP contribution in [0.3, 0.4) is 0 Å². The Kier molecular flexibility index (Phi) is 6.86. The first-order valence-corrected chi connectivity index (χ1v) is 9.66. The van der Waals surface area contributed by atoms with Crippen molar-refractivity contribution in [3.05, 3.63) is 34.9 Å². The molecule has 0 aromatic carbocycles. The summed E-state index contributed by atoms with van der Waals surface area (Å²) in [4.78, 5) is 37.1. The van der Waals surface area contributed by atoms with Gasteiger partial charge in [0, 0.05) is 18.9 Å². The van der Waals surface area contributed by atoms with E-state index in [9.17, 15) is 14.4 Å². The van der Waals surface area contributed by atoms with E-state index in [4.69, 9.17) is 14.2 Å². The fourth-order valence-corrected chi connectivity index (χ4v) is 3.73. The summed E-state index contributed by atoms with van der Waals surface area (Å²) in [6.07, 6.45) is 6.47. The normalized spacial score (nSPS) is 34.9. The van der Waals surface area contributed by atoms with Crippen molar-refractivity contribution in [2.45, 2.75) is 78.6 Å². The summed E-state index contributed by atoms with van der Waals surface area (Å²) in [6, 6.07) is 0. The van der Waals surface area contributed by atoms with Crippen LogP contribution in [-0.2, 0) is 28.6 Å². The summed E-state index contributed by atoms with van der Waals surface area (Å²) in [5, 5.41) is 0. The fraction of sp³-hybridized carbons (Fsp3) is 0.591. The SMILES string of the molecule is C/C=C(/C)C(=O)O[C@]1(C)C(=O)O[C@H]2/C=C(/C)CC/C=C(/C)CC(OC(C)=O)[C@H]21. The van der Waals surface area contributed by atoms with E-state index in [1.54, 1.807) is 26.8 Å². The van der Waals surface area contributed by atoms with Crippen molar-refractivity contribution in [1.29, 1.82) is 0 Å². The van der Waals surface area contributed by atoms with Crippen LogP contribution in [0, 0.1) is 5.92 Å². The molecular weight excluding hydrogens is 360 g/mol. The van der Waals surface area contributed by atoms with E-state index in [2.05, 4.69) is 6.08 Å². The molecule has 1 saturated heterocycles. The van der Waals surface area contributed by atoms with Crippen LogP contribution in [-0.4, -0.2) is 35.7 Å². The molecule has 6 heteroatoms. The van der Waals surface area contributed by atoms with Gasteiger partial charge in [-0.2, -0.15) is 0 Å². The first-order chi connectivity index (χ1) is 13.1. The van der Waals surface area contributed by atoms with Gasteiger partial charge in [-0.05, 0) is 53.5 Å². The van der Waals surface area contributed by atoms with E-state index in [0.717, 1.165) is 24.0 Å². The highest BCUT2D eigenvalue weighted by atomic mass is 16.6. The van der Waals surface area contributed by atoms with Crippen LogP contribution in [0.4, 0.5) is 0 Å². The molecule has 0 saturated carbocycles. The molecule has 0 N–H and O–H groups in total. The number of rotatable bonds is 3. The average Bonchev–Trinajstić information content (AvgIpc) is 2.82.